The predicted molar refractivity (Wildman–Crippen MR) is 112 cm³/mol. The lowest BCUT2D eigenvalue weighted by atomic mass is 10.1. The van der Waals surface area contributed by atoms with Crippen molar-refractivity contribution in [2.45, 2.75) is 57.8 Å². The molecule has 4 rings (SSSR count). The zero-order valence-corrected chi connectivity index (χ0v) is 19.1. The summed E-state index contributed by atoms with van der Waals surface area (Å²) < 4.78 is 71.0. The third kappa shape index (κ3) is 9.89. The fraction of sp³-hybridized carbons (Fsp3) is 0.571. The molecule has 0 spiro atoms. The van der Waals surface area contributed by atoms with Crippen molar-refractivity contribution in [3.05, 3.63) is 41.9 Å². The van der Waals surface area contributed by atoms with Crippen molar-refractivity contribution < 1.29 is 50.6 Å². The van der Waals surface area contributed by atoms with Crippen molar-refractivity contribution in [3.8, 4) is 0 Å². The third-order valence-electron chi connectivity index (χ3n) is 5.24. The van der Waals surface area contributed by atoms with Gasteiger partial charge in [-0.15, -0.1) is 0 Å². The lowest BCUT2D eigenvalue weighted by Crippen LogP contribution is -2.33. The number of imidazole rings is 1. The van der Waals surface area contributed by atoms with E-state index in [1.54, 1.807) is 6.26 Å². The highest BCUT2D eigenvalue weighted by atomic mass is 19.4. The molecule has 0 unspecified atom stereocenters. The number of likely N-dealkylation sites (tertiary alicyclic amines) is 1. The lowest BCUT2D eigenvalue weighted by molar-refractivity contribution is -0.193. The first-order valence-electron chi connectivity index (χ1n) is 10.9. The first kappa shape index (κ1) is 29.2. The minimum atomic E-state index is -5.08. The number of nitrogens with zero attached hydrogens (tertiary/aromatic N) is 4. The number of hydrogen-bond donors (Lipinski definition) is 2. The van der Waals surface area contributed by atoms with Crippen molar-refractivity contribution in [1.29, 1.82) is 0 Å². The molecule has 15 heteroatoms. The van der Waals surface area contributed by atoms with Gasteiger partial charge in [0, 0.05) is 37.9 Å². The summed E-state index contributed by atoms with van der Waals surface area (Å²) in [5.41, 5.74) is 2.48. The Morgan fingerprint density at radius 2 is 1.47 bits per heavy atom. The molecule has 2 aromatic heterocycles. The van der Waals surface area contributed by atoms with Gasteiger partial charge in [0.2, 0.25) is 0 Å². The van der Waals surface area contributed by atoms with Gasteiger partial charge >= 0.3 is 24.3 Å². The van der Waals surface area contributed by atoms with Crippen LogP contribution >= 0.6 is 0 Å². The summed E-state index contributed by atoms with van der Waals surface area (Å²) in [5.74, 6) is -4.30. The van der Waals surface area contributed by atoms with Gasteiger partial charge in [-0.05, 0) is 32.0 Å². The molecular formula is C21H26F6N4O5. The van der Waals surface area contributed by atoms with E-state index in [1.165, 1.54) is 49.4 Å². The molecule has 2 aliphatic rings. The number of furan rings is 1. The lowest BCUT2D eigenvalue weighted by Gasteiger charge is -2.26. The van der Waals surface area contributed by atoms with Gasteiger partial charge in [-0.2, -0.15) is 26.3 Å². The van der Waals surface area contributed by atoms with Crippen LogP contribution in [0.15, 0.2) is 29.2 Å². The SMILES string of the molecule is O=C(O)C(F)(F)F.O=C(O)C(F)(F)F.c1cc(CN2CCn3cc(CN4CCCCC4)nc3C2)co1. The Morgan fingerprint density at radius 1 is 0.889 bits per heavy atom. The standard InChI is InChI=1S/C17H24N4O.2C2HF3O2/c1-2-5-19(6-3-1)11-16-12-21-8-7-20(13-17(21)18-16)10-15-4-9-22-14-15;2*3-2(4,5)1(6)7/h4,9,12,14H,1-3,5-8,10-11,13H2;2*(H,6,7). The first-order chi connectivity index (χ1) is 16.8. The molecule has 0 saturated carbocycles. The maximum absolute atomic E-state index is 10.6. The molecule has 2 N–H and O–H groups in total. The van der Waals surface area contributed by atoms with E-state index in [1.807, 2.05) is 12.3 Å². The number of fused-ring (bicyclic) bond motifs is 1. The smallest absolute Gasteiger partial charge is 0.475 e. The second-order valence-electron chi connectivity index (χ2n) is 8.13. The number of piperidine rings is 1. The van der Waals surface area contributed by atoms with Gasteiger partial charge in [0.1, 0.15) is 5.82 Å². The number of hydrogen-bond acceptors (Lipinski definition) is 6. The van der Waals surface area contributed by atoms with E-state index in [4.69, 9.17) is 29.2 Å². The summed E-state index contributed by atoms with van der Waals surface area (Å²) in [4.78, 5) is 27.7. The number of alkyl halides is 6. The van der Waals surface area contributed by atoms with Crippen LogP contribution in [0.4, 0.5) is 26.3 Å². The molecule has 0 aliphatic carbocycles. The maximum atomic E-state index is 10.6. The third-order valence-corrected chi connectivity index (χ3v) is 5.24. The van der Waals surface area contributed by atoms with Crippen LogP contribution in [0.3, 0.4) is 0 Å². The van der Waals surface area contributed by atoms with Crippen LogP contribution in [0, 0.1) is 0 Å². The molecule has 1 fully saturated rings. The number of rotatable bonds is 4. The Hall–Kier alpha value is -3.07. The van der Waals surface area contributed by atoms with Crippen LogP contribution in [0.5, 0.6) is 0 Å². The fourth-order valence-corrected chi connectivity index (χ4v) is 3.56. The topological polar surface area (TPSA) is 112 Å². The zero-order valence-electron chi connectivity index (χ0n) is 19.1. The summed E-state index contributed by atoms with van der Waals surface area (Å²) in [6.07, 6.45) is -0.254. The number of carbonyl (C=O) groups is 2. The number of aliphatic carboxylic acids is 2. The van der Waals surface area contributed by atoms with E-state index in [9.17, 15) is 26.3 Å². The Kier molecular flexibility index (Phi) is 10.3. The molecule has 2 aliphatic heterocycles. The average molecular weight is 528 g/mol. The average Bonchev–Trinajstić information content (AvgIpc) is 3.43. The molecule has 1 saturated heterocycles. The normalized spacial score (nSPS) is 16.7. The van der Waals surface area contributed by atoms with Gasteiger partial charge < -0.3 is 19.2 Å². The van der Waals surface area contributed by atoms with Crippen molar-refractivity contribution in [1.82, 2.24) is 19.4 Å². The minimum Gasteiger partial charge on any atom is -0.475 e. The molecule has 202 valence electrons. The van der Waals surface area contributed by atoms with E-state index in [-0.39, 0.29) is 0 Å². The quantitative estimate of drug-likeness (QED) is 0.578. The van der Waals surface area contributed by atoms with Crippen molar-refractivity contribution in [3.63, 3.8) is 0 Å². The van der Waals surface area contributed by atoms with Crippen LogP contribution in [0.25, 0.3) is 0 Å². The molecule has 9 nitrogen and oxygen atoms in total. The predicted octanol–water partition coefficient (Wildman–Crippen LogP) is 3.74. The molecule has 2 aromatic rings. The van der Waals surface area contributed by atoms with Gasteiger partial charge in [-0.25, -0.2) is 14.6 Å². The van der Waals surface area contributed by atoms with Crippen LogP contribution in [-0.4, -0.2) is 73.5 Å². The number of aromatic nitrogens is 2. The fourth-order valence-electron chi connectivity index (χ4n) is 3.56. The van der Waals surface area contributed by atoms with E-state index >= 15 is 0 Å². The van der Waals surface area contributed by atoms with Gasteiger partial charge in [0.15, 0.2) is 0 Å². The van der Waals surface area contributed by atoms with E-state index < -0.39 is 24.3 Å². The maximum Gasteiger partial charge on any atom is 0.490 e. The van der Waals surface area contributed by atoms with Crippen LogP contribution in [-0.2, 0) is 35.8 Å². The number of carboxylic acids is 2. The first-order valence-corrected chi connectivity index (χ1v) is 10.9. The molecule has 0 bridgehead atoms. The summed E-state index contributed by atoms with van der Waals surface area (Å²) in [6.45, 7) is 7.49. The highest BCUT2D eigenvalue weighted by Crippen LogP contribution is 2.18. The second kappa shape index (κ2) is 12.8. The molecule has 0 radical (unpaired) electrons. The highest BCUT2D eigenvalue weighted by Gasteiger charge is 2.38. The van der Waals surface area contributed by atoms with E-state index in [0.29, 0.717) is 0 Å². The Bertz CT molecular complexity index is 945. The van der Waals surface area contributed by atoms with Crippen LogP contribution in [0.1, 0.15) is 36.3 Å². The monoisotopic (exact) mass is 528 g/mol. The largest absolute Gasteiger partial charge is 0.490 e. The van der Waals surface area contributed by atoms with Crippen LogP contribution in [0.2, 0.25) is 0 Å². The Labute approximate surface area is 201 Å². The summed E-state index contributed by atoms with van der Waals surface area (Å²) >= 11 is 0. The van der Waals surface area contributed by atoms with E-state index in [0.717, 1.165) is 32.7 Å². The molecule has 4 heterocycles. The van der Waals surface area contributed by atoms with Crippen molar-refractivity contribution in [2.24, 2.45) is 0 Å². The Morgan fingerprint density at radius 3 is 1.97 bits per heavy atom. The zero-order chi connectivity index (χ0) is 26.9. The summed E-state index contributed by atoms with van der Waals surface area (Å²) in [6, 6.07) is 2.04. The number of halogens is 6. The number of carboxylic acid groups (broad SMARTS) is 2. The summed E-state index contributed by atoms with van der Waals surface area (Å²) in [7, 11) is 0. The minimum absolute atomic E-state index is 0.936. The van der Waals surface area contributed by atoms with Gasteiger partial charge in [0.05, 0.1) is 24.8 Å². The second-order valence-corrected chi connectivity index (χ2v) is 8.13. The molecule has 0 atom stereocenters. The molecule has 0 amide bonds. The Balaban J connectivity index is 0.000000271. The van der Waals surface area contributed by atoms with Gasteiger partial charge in [-0.3, -0.25) is 9.80 Å². The van der Waals surface area contributed by atoms with E-state index in [2.05, 4.69) is 20.6 Å². The van der Waals surface area contributed by atoms with Crippen LogP contribution < -0.4 is 0 Å². The van der Waals surface area contributed by atoms with Gasteiger partial charge in [0.25, 0.3) is 0 Å². The highest BCUT2D eigenvalue weighted by molar-refractivity contribution is 5.73. The van der Waals surface area contributed by atoms with Gasteiger partial charge in [-0.1, -0.05) is 6.42 Å². The molecular weight excluding hydrogens is 502 g/mol. The molecule has 36 heavy (non-hydrogen) atoms. The summed E-state index contributed by atoms with van der Waals surface area (Å²) in [5, 5.41) is 14.2. The van der Waals surface area contributed by atoms with Crippen molar-refractivity contribution >= 4 is 11.9 Å². The van der Waals surface area contributed by atoms with Crippen molar-refractivity contribution in [2.75, 3.05) is 19.6 Å². The molecule has 0 aromatic carbocycles.